The number of nitrogens with zero attached hydrogens (tertiary/aromatic N) is 3. The number of benzene rings is 1. The zero-order chi connectivity index (χ0) is 11.1. The molecule has 4 nitrogen and oxygen atoms in total. The number of ether oxygens (including phenoxy) is 1. The van der Waals surface area contributed by atoms with Gasteiger partial charge in [-0.05, 0) is 23.7 Å². The summed E-state index contributed by atoms with van der Waals surface area (Å²) in [7, 11) is 1.58. The Kier molecular flexibility index (Phi) is 4.55. The summed E-state index contributed by atoms with van der Waals surface area (Å²) in [6, 6.07) is 5.55. The van der Waals surface area contributed by atoms with Crippen LogP contribution < -0.4 is 4.74 Å². The van der Waals surface area contributed by atoms with Crippen LogP contribution in [-0.4, -0.2) is 13.7 Å². The van der Waals surface area contributed by atoms with Gasteiger partial charge in [-0.15, -0.1) is 0 Å². The molecule has 1 aromatic rings. The smallest absolute Gasteiger partial charge is 0.135 e. The van der Waals surface area contributed by atoms with Gasteiger partial charge in [-0.1, -0.05) is 32.9 Å². The highest BCUT2D eigenvalue weighted by molar-refractivity contribution is 9.10. The predicted octanol–water partition coefficient (Wildman–Crippen LogP) is 3.12. The van der Waals surface area contributed by atoms with Crippen molar-refractivity contribution in [3.8, 4) is 17.6 Å². The van der Waals surface area contributed by atoms with Crippen molar-refractivity contribution < 1.29 is 4.74 Å². The lowest BCUT2D eigenvalue weighted by Gasteiger charge is -2.02. The minimum atomic E-state index is 0.162. The summed E-state index contributed by atoms with van der Waals surface area (Å²) in [5.74, 6) is 6.29. The Morgan fingerprint density at radius 1 is 1.60 bits per heavy atom. The van der Waals surface area contributed by atoms with Gasteiger partial charge in [-0.3, -0.25) is 0 Å². The molecular weight excluding hydrogens is 258 g/mol. The Bertz CT molecular complexity index is 455. The lowest BCUT2D eigenvalue weighted by molar-refractivity contribution is 0.413. The molecule has 0 heterocycles. The largest absolute Gasteiger partial charge is 0.495 e. The Hall–Kier alpha value is -1.63. The van der Waals surface area contributed by atoms with E-state index >= 15 is 0 Å². The topological polar surface area (TPSA) is 58.0 Å². The molecule has 0 spiro atoms. The van der Waals surface area contributed by atoms with Gasteiger partial charge in [-0.2, -0.15) is 0 Å². The summed E-state index contributed by atoms with van der Waals surface area (Å²) >= 11 is 3.34. The maximum Gasteiger partial charge on any atom is 0.135 e. The van der Waals surface area contributed by atoms with Crippen LogP contribution in [0.2, 0.25) is 0 Å². The first-order chi connectivity index (χ1) is 7.27. The molecule has 1 aromatic carbocycles. The normalized spacial score (nSPS) is 8.40. The molecule has 0 aliphatic heterocycles. The standard InChI is InChI=1S/C10H8BrN3O/c1-15-10-7-9(11)5-4-8(10)3-2-6-13-14-12/h4-5,7H,6H2,1H3. The summed E-state index contributed by atoms with van der Waals surface area (Å²) in [6.07, 6.45) is 0. The molecule has 0 aliphatic carbocycles. The van der Waals surface area contributed by atoms with E-state index in [1.165, 1.54) is 0 Å². The van der Waals surface area contributed by atoms with Crippen LogP contribution in [0.5, 0.6) is 5.75 Å². The van der Waals surface area contributed by atoms with E-state index in [-0.39, 0.29) is 6.54 Å². The van der Waals surface area contributed by atoms with E-state index in [4.69, 9.17) is 10.3 Å². The second-order valence-corrected chi connectivity index (χ2v) is 3.45. The van der Waals surface area contributed by atoms with Gasteiger partial charge in [0.05, 0.1) is 19.2 Å². The van der Waals surface area contributed by atoms with E-state index in [1.54, 1.807) is 7.11 Å². The van der Waals surface area contributed by atoms with Crippen molar-refractivity contribution in [3.05, 3.63) is 38.7 Å². The van der Waals surface area contributed by atoms with Crippen molar-refractivity contribution in [2.75, 3.05) is 13.7 Å². The second-order valence-electron chi connectivity index (χ2n) is 2.54. The Labute approximate surface area is 96.0 Å². The van der Waals surface area contributed by atoms with Crippen molar-refractivity contribution in [1.29, 1.82) is 0 Å². The quantitative estimate of drug-likeness (QED) is 0.351. The maximum absolute atomic E-state index is 8.06. The van der Waals surface area contributed by atoms with Crippen LogP contribution >= 0.6 is 15.9 Å². The average Bonchev–Trinajstić information content (AvgIpc) is 2.26. The monoisotopic (exact) mass is 265 g/mol. The number of methoxy groups -OCH3 is 1. The number of hydrogen-bond donors (Lipinski definition) is 0. The fraction of sp³-hybridized carbons (Fsp3) is 0.200. The van der Waals surface area contributed by atoms with Crippen molar-refractivity contribution in [2.45, 2.75) is 0 Å². The summed E-state index contributed by atoms with van der Waals surface area (Å²) < 4.78 is 6.08. The first-order valence-corrected chi connectivity index (χ1v) is 4.90. The van der Waals surface area contributed by atoms with E-state index in [9.17, 15) is 0 Å². The summed E-state index contributed by atoms with van der Waals surface area (Å²) in [6.45, 7) is 0.162. The van der Waals surface area contributed by atoms with Crippen LogP contribution in [0, 0.1) is 11.8 Å². The molecular formula is C10H8BrN3O. The van der Waals surface area contributed by atoms with Gasteiger partial charge in [0.15, 0.2) is 0 Å². The third-order valence-electron chi connectivity index (χ3n) is 1.60. The maximum atomic E-state index is 8.06. The molecule has 0 atom stereocenters. The number of rotatable bonds is 2. The Balaban J connectivity index is 2.91. The molecule has 0 amide bonds. The first kappa shape index (κ1) is 11.4. The van der Waals surface area contributed by atoms with Gasteiger partial charge in [0.2, 0.25) is 0 Å². The molecule has 0 saturated heterocycles. The minimum Gasteiger partial charge on any atom is -0.495 e. The highest BCUT2D eigenvalue weighted by atomic mass is 79.9. The molecule has 0 unspecified atom stereocenters. The molecule has 5 heteroatoms. The van der Waals surface area contributed by atoms with Crippen LogP contribution in [0.4, 0.5) is 0 Å². The fourth-order valence-corrected chi connectivity index (χ4v) is 1.31. The molecule has 0 aromatic heterocycles. The van der Waals surface area contributed by atoms with Crippen LogP contribution in [0.15, 0.2) is 27.8 Å². The molecule has 0 saturated carbocycles. The Morgan fingerprint density at radius 2 is 2.40 bits per heavy atom. The summed E-state index contributed by atoms with van der Waals surface area (Å²) in [5, 5.41) is 3.32. The van der Waals surface area contributed by atoms with Gasteiger partial charge in [0.1, 0.15) is 5.75 Å². The zero-order valence-corrected chi connectivity index (χ0v) is 9.65. The number of halogens is 1. The van der Waals surface area contributed by atoms with Gasteiger partial charge in [-0.25, -0.2) is 0 Å². The SMILES string of the molecule is COc1cc(Br)ccc1C#CCN=[N+]=[N-]. The van der Waals surface area contributed by atoms with Crippen molar-refractivity contribution >= 4 is 15.9 Å². The minimum absolute atomic E-state index is 0.162. The Morgan fingerprint density at radius 3 is 3.07 bits per heavy atom. The highest BCUT2D eigenvalue weighted by Gasteiger charge is 1.99. The molecule has 0 aliphatic rings. The molecule has 0 N–H and O–H groups in total. The molecule has 0 bridgehead atoms. The molecule has 0 fully saturated rings. The molecule has 1 rings (SSSR count). The van der Waals surface area contributed by atoms with Crippen molar-refractivity contribution in [3.63, 3.8) is 0 Å². The highest BCUT2D eigenvalue weighted by Crippen LogP contribution is 2.22. The van der Waals surface area contributed by atoms with E-state index in [0.717, 1.165) is 10.0 Å². The van der Waals surface area contributed by atoms with E-state index in [2.05, 4.69) is 37.8 Å². The van der Waals surface area contributed by atoms with Gasteiger partial charge in [0, 0.05) is 9.38 Å². The van der Waals surface area contributed by atoms with E-state index < -0.39 is 0 Å². The lowest BCUT2D eigenvalue weighted by Crippen LogP contribution is -1.87. The van der Waals surface area contributed by atoms with E-state index in [0.29, 0.717) is 5.75 Å². The van der Waals surface area contributed by atoms with Gasteiger partial charge >= 0.3 is 0 Å². The molecule has 15 heavy (non-hydrogen) atoms. The third kappa shape index (κ3) is 3.55. The predicted molar refractivity (Wildman–Crippen MR) is 61.6 cm³/mol. The second kappa shape index (κ2) is 5.97. The van der Waals surface area contributed by atoms with E-state index in [1.807, 2.05) is 18.2 Å². The number of hydrogen-bond acceptors (Lipinski definition) is 2. The van der Waals surface area contributed by atoms with Crippen LogP contribution in [0.3, 0.4) is 0 Å². The van der Waals surface area contributed by atoms with Crippen molar-refractivity contribution in [2.24, 2.45) is 5.11 Å². The van der Waals surface area contributed by atoms with Crippen LogP contribution in [0.1, 0.15) is 5.56 Å². The van der Waals surface area contributed by atoms with Gasteiger partial charge < -0.3 is 4.74 Å². The van der Waals surface area contributed by atoms with Gasteiger partial charge in [0.25, 0.3) is 0 Å². The summed E-state index contributed by atoms with van der Waals surface area (Å²) in [4.78, 5) is 2.61. The van der Waals surface area contributed by atoms with Crippen molar-refractivity contribution in [1.82, 2.24) is 0 Å². The number of azide groups is 1. The lowest BCUT2D eigenvalue weighted by atomic mass is 10.2. The van der Waals surface area contributed by atoms with Crippen LogP contribution in [0.25, 0.3) is 10.4 Å². The summed E-state index contributed by atoms with van der Waals surface area (Å²) in [5.41, 5.74) is 8.83. The zero-order valence-electron chi connectivity index (χ0n) is 8.07. The average molecular weight is 266 g/mol. The molecule has 76 valence electrons. The first-order valence-electron chi connectivity index (χ1n) is 4.11. The molecule has 0 radical (unpaired) electrons. The van der Waals surface area contributed by atoms with Crippen LogP contribution in [-0.2, 0) is 0 Å². The third-order valence-corrected chi connectivity index (χ3v) is 2.09. The fourth-order valence-electron chi connectivity index (χ4n) is 0.970.